The summed E-state index contributed by atoms with van der Waals surface area (Å²) in [7, 11) is 4.01. The average Bonchev–Trinajstić information content (AvgIpc) is 2.85. The number of rotatable bonds is 6. The Morgan fingerprint density at radius 2 is 2.00 bits per heavy atom. The highest BCUT2D eigenvalue weighted by molar-refractivity contribution is 8.01. The SMILES string of the molecule is CN(C)c1nnc(SCCCN2CCCCC2)s1. The summed E-state index contributed by atoms with van der Waals surface area (Å²) in [4.78, 5) is 4.60. The molecule has 1 aliphatic rings. The van der Waals surface area contributed by atoms with Gasteiger partial charge >= 0.3 is 0 Å². The minimum absolute atomic E-state index is 0.994. The normalized spacial score (nSPS) is 17.0. The molecule has 0 spiro atoms. The Morgan fingerprint density at radius 1 is 1.22 bits per heavy atom. The molecule has 1 aromatic heterocycles. The molecule has 1 saturated heterocycles. The lowest BCUT2D eigenvalue weighted by Gasteiger charge is -2.26. The molecule has 0 atom stereocenters. The van der Waals surface area contributed by atoms with Gasteiger partial charge in [-0.1, -0.05) is 29.5 Å². The largest absolute Gasteiger partial charge is 0.353 e. The monoisotopic (exact) mass is 286 g/mol. The van der Waals surface area contributed by atoms with Crippen molar-refractivity contribution in [3.05, 3.63) is 0 Å². The summed E-state index contributed by atoms with van der Waals surface area (Å²) in [6.45, 7) is 3.84. The lowest BCUT2D eigenvalue weighted by atomic mass is 10.1. The predicted molar refractivity (Wildman–Crippen MR) is 79.9 cm³/mol. The predicted octanol–water partition coefficient (Wildman–Crippen LogP) is 2.57. The van der Waals surface area contributed by atoms with E-state index in [1.165, 1.54) is 45.3 Å². The zero-order chi connectivity index (χ0) is 12.8. The number of thioether (sulfide) groups is 1. The van der Waals surface area contributed by atoms with Gasteiger partial charge in [0.1, 0.15) is 0 Å². The minimum Gasteiger partial charge on any atom is -0.353 e. The van der Waals surface area contributed by atoms with Gasteiger partial charge in [-0.15, -0.1) is 10.2 Å². The third-order valence-corrected chi connectivity index (χ3v) is 5.38. The first kappa shape index (κ1) is 14.1. The summed E-state index contributed by atoms with van der Waals surface area (Å²) in [5.74, 6) is 1.15. The summed E-state index contributed by atoms with van der Waals surface area (Å²) in [5.41, 5.74) is 0. The van der Waals surface area contributed by atoms with E-state index in [2.05, 4.69) is 15.1 Å². The molecule has 1 fully saturated rings. The molecule has 0 saturated carbocycles. The van der Waals surface area contributed by atoms with E-state index in [4.69, 9.17) is 0 Å². The van der Waals surface area contributed by atoms with Crippen molar-refractivity contribution in [1.82, 2.24) is 15.1 Å². The molecule has 0 N–H and O–H groups in total. The van der Waals surface area contributed by atoms with E-state index in [0.717, 1.165) is 15.2 Å². The molecule has 0 aromatic carbocycles. The first-order valence-electron chi connectivity index (χ1n) is 6.61. The second-order valence-corrected chi connectivity index (χ2v) is 7.15. The average molecular weight is 286 g/mol. The van der Waals surface area contributed by atoms with E-state index in [9.17, 15) is 0 Å². The number of piperidine rings is 1. The summed E-state index contributed by atoms with van der Waals surface area (Å²) in [6, 6.07) is 0. The Bertz CT molecular complexity index is 348. The molecule has 2 rings (SSSR count). The van der Waals surface area contributed by atoms with Crippen LogP contribution in [0.15, 0.2) is 4.34 Å². The van der Waals surface area contributed by atoms with Crippen molar-refractivity contribution in [2.75, 3.05) is 44.4 Å². The molecule has 0 aliphatic carbocycles. The van der Waals surface area contributed by atoms with Crippen molar-refractivity contribution >= 4 is 28.2 Å². The second-order valence-electron chi connectivity index (χ2n) is 4.85. The maximum Gasteiger partial charge on any atom is 0.208 e. The van der Waals surface area contributed by atoms with Crippen LogP contribution in [0.2, 0.25) is 0 Å². The van der Waals surface area contributed by atoms with Crippen LogP contribution < -0.4 is 4.90 Å². The molecular formula is C12H22N4S2. The number of anilines is 1. The standard InChI is InChI=1S/C12H22N4S2/c1-15(2)11-13-14-12(18-11)17-10-6-9-16-7-4-3-5-8-16/h3-10H2,1-2H3. The number of likely N-dealkylation sites (tertiary alicyclic amines) is 1. The zero-order valence-corrected chi connectivity index (χ0v) is 12.9. The lowest BCUT2D eigenvalue weighted by Crippen LogP contribution is -2.30. The highest BCUT2D eigenvalue weighted by Crippen LogP contribution is 2.27. The van der Waals surface area contributed by atoms with Gasteiger partial charge in [0.2, 0.25) is 5.13 Å². The van der Waals surface area contributed by atoms with Gasteiger partial charge in [-0.2, -0.15) is 0 Å². The molecule has 102 valence electrons. The van der Waals surface area contributed by atoms with E-state index in [0.29, 0.717) is 0 Å². The molecule has 0 bridgehead atoms. The van der Waals surface area contributed by atoms with Crippen molar-refractivity contribution in [1.29, 1.82) is 0 Å². The Balaban J connectivity index is 1.62. The van der Waals surface area contributed by atoms with Crippen LogP contribution in [-0.2, 0) is 0 Å². The van der Waals surface area contributed by atoms with Gasteiger partial charge in [-0.25, -0.2) is 0 Å². The first-order chi connectivity index (χ1) is 8.75. The van der Waals surface area contributed by atoms with Crippen LogP contribution in [-0.4, -0.2) is 54.6 Å². The lowest BCUT2D eigenvalue weighted by molar-refractivity contribution is 0.230. The Hall–Kier alpha value is -0.330. The van der Waals surface area contributed by atoms with Gasteiger partial charge in [0.05, 0.1) is 0 Å². The molecule has 18 heavy (non-hydrogen) atoms. The number of aromatic nitrogens is 2. The number of hydrogen-bond acceptors (Lipinski definition) is 6. The highest BCUT2D eigenvalue weighted by Gasteiger charge is 2.10. The van der Waals surface area contributed by atoms with Crippen LogP contribution in [0, 0.1) is 0 Å². The van der Waals surface area contributed by atoms with Crippen LogP contribution in [0.25, 0.3) is 0 Å². The van der Waals surface area contributed by atoms with Gasteiger partial charge in [0.25, 0.3) is 0 Å². The molecule has 2 heterocycles. The van der Waals surface area contributed by atoms with Gasteiger partial charge < -0.3 is 9.80 Å². The summed E-state index contributed by atoms with van der Waals surface area (Å²) >= 11 is 3.52. The quantitative estimate of drug-likeness (QED) is 0.593. The third kappa shape index (κ3) is 4.40. The van der Waals surface area contributed by atoms with Crippen molar-refractivity contribution in [3.63, 3.8) is 0 Å². The van der Waals surface area contributed by atoms with Crippen molar-refractivity contribution < 1.29 is 0 Å². The van der Waals surface area contributed by atoms with E-state index in [-0.39, 0.29) is 0 Å². The molecule has 0 radical (unpaired) electrons. The first-order valence-corrected chi connectivity index (χ1v) is 8.42. The van der Waals surface area contributed by atoms with E-state index in [1.807, 2.05) is 30.8 Å². The fourth-order valence-electron chi connectivity index (χ4n) is 2.07. The second kappa shape index (κ2) is 7.31. The summed E-state index contributed by atoms with van der Waals surface area (Å²) < 4.78 is 1.09. The summed E-state index contributed by atoms with van der Waals surface area (Å²) in [5, 5.41) is 9.34. The minimum atomic E-state index is 0.994. The third-order valence-electron chi connectivity index (χ3n) is 3.07. The Labute approximate surface area is 118 Å². The molecule has 0 amide bonds. The van der Waals surface area contributed by atoms with E-state index >= 15 is 0 Å². The molecule has 1 aliphatic heterocycles. The molecule has 1 aromatic rings. The topological polar surface area (TPSA) is 32.3 Å². The summed E-state index contributed by atoms with van der Waals surface area (Å²) in [6.07, 6.45) is 5.44. The zero-order valence-electron chi connectivity index (χ0n) is 11.3. The molecule has 0 unspecified atom stereocenters. The molecule has 4 nitrogen and oxygen atoms in total. The van der Waals surface area contributed by atoms with Crippen molar-refractivity contribution in [3.8, 4) is 0 Å². The van der Waals surface area contributed by atoms with Crippen molar-refractivity contribution in [2.45, 2.75) is 30.0 Å². The van der Waals surface area contributed by atoms with Gasteiger partial charge in [0.15, 0.2) is 4.34 Å². The van der Waals surface area contributed by atoms with E-state index in [1.54, 1.807) is 11.3 Å². The van der Waals surface area contributed by atoms with Crippen LogP contribution in [0.5, 0.6) is 0 Å². The fraction of sp³-hybridized carbons (Fsp3) is 0.833. The number of hydrogen-bond donors (Lipinski definition) is 0. The van der Waals surface area contributed by atoms with E-state index < -0.39 is 0 Å². The Morgan fingerprint density at radius 3 is 2.67 bits per heavy atom. The maximum absolute atomic E-state index is 4.20. The van der Waals surface area contributed by atoms with Crippen LogP contribution in [0.3, 0.4) is 0 Å². The maximum atomic E-state index is 4.20. The van der Waals surface area contributed by atoms with Gasteiger partial charge in [-0.05, 0) is 38.9 Å². The highest BCUT2D eigenvalue weighted by atomic mass is 32.2. The smallest absolute Gasteiger partial charge is 0.208 e. The van der Waals surface area contributed by atoms with Gasteiger partial charge in [0, 0.05) is 19.8 Å². The van der Waals surface area contributed by atoms with Gasteiger partial charge in [-0.3, -0.25) is 0 Å². The Kier molecular flexibility index (Phi) is 5.72. The van der Waals surface area contributed by atoms with Crippen molar-refractivity contribution in [2.24, 2.45) is 0 Å². The van der Waals surface area contributed by atoms with Crippen LogP contribution in [0.4, 0.5) is 5.13 Å². The molecule has 6 heteroatoms. The fourth-order valence-corrected chi connectivity index (χ4v) is 3.83. The number of nitrogens with zero attached hydrogens (tertiary/aromatic N) is 4. The van der Waals surface area contributed by atoms with Crippen LogP contribution in [0.1, 0.15) is 25.7 Å². The molecular weight excluding hydrogens is 264 g/mol. The van der Waals surface area contributed by atoms with Crippen LogP contribution >= 0.6 is 23.1 Å².